The minimum atomic E-state index is -4.44. The van der Waals surface area contributed by atoms with Crippen molar-refractivity contribution in [2.45, 2.75) is 32.5 Å². The minimum Gasteiger partial charge on any atom is -0.369 e. The highest BCUT2D eigenvalue weighted by Gasteiger charge is 2.32. The monoisotopic (exact) mass is 275 g/mol. The fourth-order valence-corrected chi connectivity index (χ4v) is 1.30. The fourth-order valence-electron chi connectivity index (χ4n) is 1.30. The van der Waals surface area contributed by atoms with Gasteiger partial charge < -0.3 is 10.1 Å². The zero-order valence-electron chi connectivity index (χ0n) is 11.2. The molecule has 0 aliphatic carbocycles. The zero-order chi connectivity index (χ0) is 14.8. The number of carbonyl (C=O) groups excluding carboxylic acids is 1. The third kappa shape index (κ3) is 3.70. The van der Waals surface area contributed by atoms with Crippen LogP contribution in [0, 0.1) is 6.92 Å². The molecule has 0 bridgehead atoms. The number of benzene rings is 1. The van der Waals surface area contributed by atoms with Crippen molar-refractivity contribution in [3.05, 3.63) is 29.3 Å². The number of aryl methyl sites for hydroxylation is 1. The quantitative estimate of drug-likeness (QED) is 0.918. The maximum atomic E-state index is 12.6. The van der Waals surface area contributed by atoms with E-state index in [4.69, 9.17) is 4.74 Å². The second-order valence-corrected chi connectivity index (χ2v) is 4.70. The van der Waals surface area contributed by atoms with Gasteiger partial charge in [0.1, 0.15) is 5.60 Å². The SMILES string of the molecule is COC(C)(C)C(=O)Nc1cc(C(F)(F)F)ccc1C. The Hall–Kier alpha value is -1.56. The second kappa shape index (κ2) is 5.21. The topological polar surface area (TPSA) is 38.3 Å². The molecule has 0 aliphatic rings. The summed E-state index contributed by atoms with van der Waals surface area (Å²) in [7, 11) is 1.36. The van der Waals surface area contributed by atoms with E-state index in [1.165, 1.54) is 27.0 Å². The van der Waals surface area contributed by atoms with E-state index in [1.807, 2.05) is 0 Å². The lowest BCUT2D eigenvalue weighted by molar-refractivity contribution is -0.137. The lowest BCUT2D eigenvalue weighted by Gasteiger charge is -2.22. The molecule has 0 fully saturated rings. The van der Waals surface area contributed by atoms with Gasteiger partial charge in [0.25, 0.3) is 5.91 Å². The molecule has 1 rings (SSSR count). The number of halogens is 3. The molecule has 1 N–H and O–H groups in total. The van der Waals surface area contributed by atoms with Crippen LogP contribution in [0.15, 0.2) is 18.2 Å². The molecule has 0 aliphatic heterocycles. The summed E-state index contributed by atoms with van der Waals surface area (Å²) < 4.78 is 42.8. The summed E-state index contributed by atoms with van der Waals surface area (Å²) in [6.07, 6.45) is -4.44. The lowest BCUT2D eigenvalue weighted by Crippen LogP contribution is -2.39. The highest BCUT2D eigenvalue weighted by atomic mass is 19.4. The summed E-state index contributed by atoms with van der Waals surface area (Å²) in [6, 6.07) is 3.21. The number of methoxy groups -OCH3 is 1. The average molecular weight is 275 g/mol. The molecule has 0 aromatic heterocycles. The van der Waals surface area contributed by atoms with Gasteiger partial charge in [-0.15, -0.1) is 0 Å². The number of anilines is 1. The largest absolute Gasteiger partial charge is 0.416 e. The molecular weight excluding hydrogens is 259 g/mol. The normalized spacial score (nSPS) is 12.4. The zero-order valence-corrected chi connectivity index (χ0v) is 11.2. The van der Waals surface area contributed by atoms with E-state index in [9.17, 15) is 18.0 Å². The molecule has 1 aromatic rings. The highest BCUT2D eigenvalue weighted by Crippen LogP contribution is 2.32. The van der Waals surface area contributed by atoms with E-state index in [-0.39, 0.29) is 5.69 Å². The van der Waals surface area contributed by atoms with E-state index < -0.39 is 23.2 Å². The van der Waals surface area contributed by atoms with E-state index in [1.54, 1.807) is 6.92 Å². The van der Waals surface area contributed by atoms with Crippen molar-refractivity contribution in [2.24, 2.45) is 0 Å². The first-order valence-electron chi connectivity index (χ1n) is 5.62. The number of nitrogens with one attached hydrogen (secondary N) is 1. The van der Waals surface area contributed by atoms with Gasteiger partial charge in [-0.3, -0.25) is 4.79 Å². The van der Waals surface area contributed by atoms with Crippen LogP contribution < -0.4 is 5.32 Å². The Kier molecular flexibility index (Phi) is 4.25. The van der Waals surface area contributed by atoms with Crippen molar-refractivity contribution in [3.8, 4) is 0 Å². The Morgan fingerprint density at radius 3 is 2.32 bits per heavy atom. The molecule has 1 amide bonds. The summed E-state index contributed by atoms with van der Waals surface area (Å²) in [5.74, 6) is -0.502. The van der Waals surface area contributed by atoms with Gasteiger partial charge in [0.2, 0.25) is 0 Å². The number of hydrogen-bond donors (Lipinski definition) is 1. The van der Waals surface area contributed by atoms with Crippen LogP contribution in [0.2, 0.25) is 0 Å². The molecule has 0 radical (unpaired) electrons. The molecule has 0 saturated carbocycles. The molecule has 0 saturated heterocycles. The predicted octanol–water partition coefficient (Wildman–Crippen LogP) is 3.38. The van der Waals surface area contributed by atoms with Gasteiger partial charge in [-0.05, 0) is 38.5 Å². The number of alkyl halides is 3. The maximum absolute atomic E-state index is 12.6. The number of carbonyl (C=O) groups is 1. The second-order valence-electron chi connectivity index (χ2n) is 4.70. The average Bonchev–Trinajstić information content (AvgIpc) is 2.30. The van der Waals surface area contributed by atoms with Crippen molar-refractivity contribution in [1.29, 1.82) is 0 Å². The van der Waals surface area contributed by atoms with Crippen LogP contribution in [-0.2, 0) is 15.7 Å². The van der Waals surface area contributed by atoms with Gasteiger partial charge in [-0.25, -0.2) is 0 Å². The summed E-state index contributed by atoms with van der Waals surface area (Å²) in [4.78, 5) is 11.9. The third-order valence-corrected chi connectivity index (χ3v) is 2.87. The molecule has 1 aromatic carbocycles. The molecule has 6 heteroatoms. The fraction of sp³-hybridized carbons (Fsp3) is 0.462. The Bertz CT molecular complexity index is 481. The summed E-state index contributed by atoms with van der Waals surface area (Å²) in [5, 5.41) is 2.45. The molecule has 0 spiro atoms. The lowest BCUT2D eigenvalue weighted by atomic mass is 10.1. The van der Waals surface area contributed by atoms with Gasteiger partial charge in [0.05, 0.1) is 5.56 Å². The van der Waals surface area contributed by atoms with Crippen molar-refractivity contribution in [2.75, 3.05) is 12.4 Å². The number of ether oxygens (including phenoxy) is 1. The van der Waals surface area contributed by atoms with Crippen LogP contribution in [-0.4, -0.2) is 18.6 Å². The number of rotatable bonds is 3. The first-order valence-corrected chi connectivity index (χ1v) is 5.62. The van der Waals surface area contributed by atoms with Crippen LogP contribution in [0.3, 0.4) is 0 Å². The molecule has 3 nitrogen and oxygen atoms in total. The molecular formula is C13H16F3NO2. The van der Waals surface area contributed by atoms with Crippen LogP contribution >= 0.6 is 0 Å². The molecule has 106 valence electrons. The summed E-state index contributed by atoms with van der Waals surface area (Å²) in [6.45, 7) is 4.69. The van der Waals surface area contributed by atoms with Crippen LogP contribution in [0.5, 0.6) is 0 Å². The maximum Gasteiger partial charge on any atom is 0.416 e. The predicted molar refractivity (Wildman–Crippen MR) is 65.9 cm³/mol. The van der Waals surface area contributed by atoms with E-state index in [2.05, 4.69) is 5.32 Å². The van der Waals surface area contributed by atoms with Gasteiger partial charge in [-0.1, -0.05) is 6.07 Å². The summed E-state index contributed by atoms with van der Waals surface area (Å²) in [5.41, 5.74) is -1.23. The van der Waals surface area contributed by atoms with Gasteiger partial charge in [0, 0.05) is 12.8 Å². The van der Waals surface area contributed by atoms with Crippen LogP contribution in [0.4, 0.5) is 18.9 Å². The minimum absolute atomic E-state index is 0.130. The van der Waals surface area contributed by atoms with E-state index >= 15 is 0 Å². The van der Waals surface area contributed by atoms with Gasteiger partial charge >= 0.3 is 6.18 Å². The Labute approximate surface area is 109 Å². The molecule has 0 atom stereocenters. The van der Waals surface area contributed by atoms with Gasteiger partial charge in [0.15, 0.2) is 0 Å². The van der Waals surface area contributed by atoms with Crippen molar-refractivity contribution >= 4 is 11.6 Å². The van der Waals surface area contributed by atoms with Gasteiger partial charge in [-0.2, -0.15) is 13.2 Å². The molecule has 19 heavy (non-hydrogen) atoms. The number of amides is 1. The Morgan fingerprint density at radius 1 is 1.26 bits per heavy atom. The smallest absolute Gasteiger partial charge is 0.369 e. The molecule has 0 unspecified atom stereocenters. The van der Waals surface area contributed by atoms with E-state index in [0.29, 0.717) is 5.56 Å². The standard InChI is InChI=1S/C13H16F3NO2/c1-8-5-6-9(13(14,15)16)7-10(8)17-11(18)12(2,3)19-4/h5-7H,1-4H3,(H,17,18). The highest BCUT2D eigenvalue weighted by molar-refractivity contribution is 5.97. The number of hydrogen-bond acceptors (Lipinski definition) is 2. The van der Waals surface area contributed by atoms with Crippen molar-refractivity contribution in [3.63, 3.8) is 0 Å². The first-order chi connectivity index (χ1) is 8.58. The molecule has 0 heterocycles. The van der Waals surface area contributed by atoms with Crippen LogP contribution in [0.1, 0.15) is 25.0 Å². The van der Waals surface area contributed by atoms with Crippen LogP contribution in [0.25, 0.3) is 0 Å². The Balaban J connectivity index is 3.05. The van der Waals surface area contributed by atoms with Crippen molar-refractivity contribution < 1.29 is 22.7 Å². The first kappa shape index (κ1) is 15.5. The third-order valence-electron chi connectivity index (χ3n) is 2.87. The summed E-state index contributed by atoms with van der Waals surface area (Å²) >= 11 is 0. The van der Waals surface area contributed by atoms with E-state index in [0.717, 1.165) is 12.1 Å². The van der Waals surface area contributed by atoms with Crippen molar-refractivity contribution in [1.82, 2.24) is 0 Å². The Morgan fingerprint density at radius 2 is 1.84 bits per heavy atom.